The smallest absolute Gasteiger partial charge is 0.200 e. The molecule has 0 amide bonds. The second kappa shape index (κ2) is 5.58. The molecule has 1 aromatic carbocycles. The molecule has 0 bridgehead atoms. The molecule has 1 atom stereocenters. The average molecular weight is 228 g/mol. The summed E-state index contributed by atoms with van der Waals surface area (Å²) in [4.78, 5) is 0. The van der Waals surface area contributed by atoms with Crippen molar-refractivity contribution in [2.75, 3.05) is 27.8 Å². The number of aliphatic hydroxyl groups excluding tert-OH is 1. The minimum absolute atomic E-state index is 0.0542. The summed E-state index contributed by atoms with van der Waals surface area (Å²) >= 11 is 0. The maximum Gasteiger partial charge on any atom is 0.200 e. The lowest BCUT2D eigenvalue weighted by Crippen LogP contribution is -2.80. The normalized spacial score (nSPS) is 12.2. The molecule has 5 nitrogen and oxygen atoms in total. The van der Waals surface area contributed by atoms with Gasteiger partial charge in [0.1, 0.15) is 12.6 Å². The van der Waals surface area contributed by atoms with Gasteiger partial charge in [-0.15, -0.1) is 0 Å². The molecule has 16 heavy (non-hydrogen) atoms. The van der Waals surface area contributed by atoms with E-state index < -0.39 is 6.10 Å². The number of ether oxygens (including phenoxy) is 2. The highest BCUT2D eigenvalue weighted by atomic mass is 16.5. The van der Waals surface area contributed by atoms with Gasteiger partial charge in [-0.2, -0.15) is 0 Å². The molecular weight excluding hydrogens is 210 g/mol. The van der Waals surface area contributed by atoms with Crippen LogP contribution in [0.1, 0.15) is 11.7 Å². The molecule has 0 saturated carbocycles. The summed E-state index contributed by atoms with van der Waals surface area (Å²) in [6.45, 7) is 0.539. The van der Waals surface area contributed by atoms with E-state index in [2.05, 4.69) is 0 Å². The van der Waals surface area contributed by atoms with E-state index in [1.165, 1.54) is 14.2 Å². The fraction of sp³-hybridized carbons (Fsp3) is 0.455. The Labute approximate surface area is 94.6 Å². The van der Waals surface area contributed by atoms with Crippen molar-refractivity contribution in [1.29, 1.82) is 0 Å². The molecule has 0 heterocycles. The predicted octanol–water partition coefficient (Wildman–Crippen LogP) is -0.364. The second-order valence-electron chi connectivity index (χ2n) is 3.43. The van der Waals surface area contributed by atoms with Gasteiger partial charge in [0, 0.05) is 0 Å². The number of nitrogens with two attached hydrogens (primary N) is 1. The highest BCUT2D eigenvalue weighted by molar-refractivity contribution is 5.53. The van der Waals surface area contributed by atoms with Crippen molar-refractivity contribution >= 4 is 0 Å². The van der Waals surface area contributed by atoms with Gasteiger partial charge >= 0.3 is 0 Å². The minimum Gasteiger partial charge on any atom is -0.502 e. The molecule has 1 aromatic rings. The van der Waals surface area contributed by atoms with E-state index in [9.17, 15) is 10.2 Å². The Bertz CT molecular complexity index is 329. The number of hydrogen-bond donors (Lipinski definition) is 3. The van der Waals surface area contributed by atoms with E-state index in [-0.39, 0.29) is 5.75 Å². The molecule has 4 N–H and O–H groups in total. The van der Waals surface area contributed by atoms with Crippen molar-refractivity contribution < 1.29 is 25.0 Å². The van der Waals surface area contributed by atoms with Crippen LogP contribution in [-0.2, 0) is 0 Å². The topological polar surface area (TPSA) is 75.5 Å². The summed E-state index contributed by atoms with van der Waals surface area (Å²) < 4.78 is 10.0. The molecule has 0 aliphatic carbocycles. The first-order chi connectivity index (χ1) is 7.63. The van der Waals surface area contributed by atoms with Crippen LogP contribution in [0.15, 0.2) is 12.1 Å². The molecular formula is C11H18NO4+. The van der Waals surface area contributed by atoms with Crippen LogP contribution < -0.4 is 14.8 Å². The maximum atomic E-state index is 9.83. The number of methoxy groups -OCH3 is 2. The summed E-state index contributed by atoms with van der Waals surface area (Å²) in [5.74, 6) is 0.537. The van der Waals surface area contributed by atoms with Crippen LogP contribution in [0.5, 0.6) is 17.2 Å². The molecule has 0 unspecified atom stereocenters. The average Bonchev–Trinajstić information content (AvgIpc) is 2.29. The molecule has 5 heteroatoms. The van der Waals surface area contributed by atoms with Crippen molar-refractivity contribution in [2.45, 2.75) is 6.10 Å². The van der Waals surface area contributed by atoms with Crippen LogP contribution >= 0.6 is 0 Å². The van der Waals surface area contributed by atoms with Gasteiger partial charge in [-0.05, 0) is 17.7 Å². The van der Waals surface area contributed by atoms with Gasteiger partial charge in [0.15, 0.2) is 11.5 Å². The summed E-state index contributed by atoms with van der Waals surface area (Å²) in [6, 6.07) is 3.21. The van der Waals surface area contributed by atoms with Crippen LogP contribution in [0.25, 0.3) is 0 Å². The number of benzene rings is 1. The van der Waals surface area contributed by atoms with Crippen molar-refractivity contribution in [1.82, 2.24) is 0 Å². The largest absolute Gasteiger partial charge is 0.502 e. The highest BCUT2D eigenvalue weighted by Crippen LogP contribution is 2.38. The second-order valence-corrected chi connectivity index (χ2v) is 3.43. The molecule has 0 aromatic heterocycles. The Hall–Kier alpha value is -1.46. The van der Waals surface area contributed by atoms with Gasteiger partial charge in [-0.25, -0.2) is 0 Å². The Morgan fingerprint density at radius 1 is 1.25 bits per heavy atom. The van der Waals surface area contributed by atoms with Crippen LogP contribution in [0.4, 0.5) is 0 Å². The number of hydrogen-bond acceptors (Lipinski definition) is 4. The standard InChI is InChI=1S/C11H17NO4/c1-12-6-8(13)7-4-9(15-2)11(14)10(5-7)16-3/h4-5,8,12-14H,6H2,1-3H3/p+1/t8-/m1/s1. The van der Waals surface area contributed by atoms with Gasteiger partial charge in [0.25, 0.3) is 0 Å². The Morgan fingerprint density at radius 2 is 1.75 bits per heavy atom. The number of phenolic OH excluding ortho intramolecular Hbond substituents is 1. The third kappa shape index (κ3) is 2.56. The Morgan fingerprint density at radius 3 is 2.12 bits per heavy atom. The van der Waals surface area contributed by atoms with Gasteiger partial charge in [-0.3, -0.25) is 0 Å². The quantitative estimate of drug-likeness (QED) is 0.643. The molecule has 1 rings (SSSR count). The van der Waals surface area contributed by atoms with E-state index in [0.29, 0.717) is 23.6 Å². The number of aromatic hydroxyl groups is 1. The number of phenols is 1. The van der Waals surface area contributed by atoms with E-state index in [4.69, 9.17) is 9.47 Å². The lowest BCUT2D eigenvalue weighted by Gasteiger charge is -2.13. The molecule has 0 spiro atoms. The fourth-order valence-electron chi connectivity index (χ4n) is 1.47. The summed E-state index contributed by atoms with van der Waals surface area (Å²) in [6.07, 6.45) is -0.617. The van der Waals surface area contributed by atoms with Crippen molar-refractivity contribution in [2.24, 2.45) is 0 Å². The van der Waals surface area contributed by atoms with Crippen molar-refractivity contribution in [3.05, 3.63) is 17.7 Å². The number of aliphatic hydroxyl groups is 1. The van der Waals surface area contributed by atoms with Crippen LogP contribution in [-0.4, -0.2) is 38.0 Å². The molecule has 0 aliphatic rings. The first-order valence-electron chi connectivity index (χ1n) is 5.04. The van der Waals surface area contributed by atoms with Crippen LogP contribution in [0, 0.1) is 0 Å². The minimum atomic E-state index is -0.617. The zero-order chi connectivity index (χ0) is 12.1. The van der Waals surface area contributed by atoms with Crippen molar-refractivity contribution in [3.63, 3.8) is 0 Å². The number of rotatable bonds is 5. The lowest BCUT2D eigenvalue weighted by molar-refractivity contribution is -0.634. The van der Waals surface area contributed by atoms with Gasteiger partial charge < -0.3 is 25.0 Å². The highest BCUT2D eigenvalue weighted by Gasteiger charge is 2.16. The first-order valence-corrected chi connectivity index (χ1v) is 5.04. The summed E-state index contributed by atoms with van der Waals surface area (Å²) in [5, 5.41) is 21.4. The number of likely N-dealkylation sites (N-methyl/N-ethyl adjacent to an activating group) is 1. The van der Waals surface area contributed by atoms with Crippen molar-refractivity contribution in [3.8, 4) is 17.2 Å². The first kappa shape index (κ1) is 12.6. The maximum absolute atomic E-state index is 9.83. The molecule has 0 fully saturated rings. The third-order valence-corrected chi connectivity index (χ3v) is 2.35. The van der Waals surface area contributed by atoms with Gasteiger partial charge in [0.05, 0.1) is 21.3 Å². The predicted molar refractivity (Wildman–Crippen MR) is 58.9 cm³/mol. The van der Waals surface area contributed by atoms with Gasteiger partial charge in [0.2, 0.25) is 5.75 Å². The molecule has 0 saturated heterocycles. The zero-order valence-electron chi connectivity index (χ0n) is 9.73. The lowest BCUT2D eigenvalue weighted by atomic mass is 10.1. The van der Waals surface area contributed by atoms with E-state index in [0.717, 1.165) is 0 Å². The Balaban J connectivity index is 3.11. The summed E-state index contributed by atoms with van der Waals surface area (Å²) in [7, 11) is 4.78. The molecule has 0 aliphatic heterocycles. The van der Waals surface area contributed by atoms with E-state index in [1.807, 2.05) is 12.4 Å². The van der Waals surface area contributed by atoms with Crippen LogP contribution in [0.3, 0.4) is 0 Å². The Kier molecular flexibility index (Phi) is 4.39. The summed E-state index contributed by atoms with van der Waals surface area (Å²) in [5.41, 5.74) is 0.657. The van der Waals surface area contributed by atoms with Gasteiger partial charge in [-0.1, -0.05) is 0 Å². The van der Waals surface area contributed by atoms with E-state index >= 15 is 0 Å². The fourth-order valence-corrected chi connectivity index (χ4v) is 1.47. The number of quaternary nitrogens is 1. The SMILES string of the molecule is C[NH2+]C[C@@H](O)c1cc(OC)c(O)c(OC)c1. The zero-order valence-corrected chi connectivity index (χ0v) is 9.73. The molecule has 90 valence electrons. The third-order valence-electron chi connectivity index (χ3n) is 2.35. The van der Waals surface area contributed by atoms with Crippen LogP contribution in [0.2, 0.25) is 0 Å². The molecule has 0 radical (unpaired) electrons. The van der Waals surface area contributed by atoms with E-state index in [1.54, 1.807) is 12.1 Å². The monoisotopic (exact) mass is 228 g/mol.